The summed E-state index contributed by atoms with van der Waals surface area (Å²) in [6.07, 6.45) is 73.4. The predicted molar refractivity (Wildman–Crippen MR) is 300 cm³/mol. The van der Waals surface area contributed by atoms with Gasteiger partial charge in [-0.2, -0.15) is 0 Å². The van der Waals surface area contributed by atoms with Crippen LogP contribution in [-0.2, 0) is 19.1 Å². The second kappa shape index (κ2) is 58.1. The minimum absolute atomic E-state index is 0.0125. The van der Waals surface area contributed by atoms with Crippen LogP contribution in [0.1, 0.15) is 374 Å². The lowest BCUT2D eigenvalue weighted by molar-refractivity contribution is -0.164. The Balaban J connectivity index is 4.28. The number of Topliss-reactive ketones (excluding diaryl/α,β-unsaturated/α-hetero) is 1. The zero-order chi connectivity index (χ0) is 49.3. The van der Waals surface area contributed by atoms with Crippen LogP contribution in [0.4, 0.5) is 0 Å². The number of carbonyl (C=O) groups is 3. The van der Waals surface area contributed by atoms with Gasteiger partial charge in [-0.3, -0.25) is 14.4 Å². The molecule has 1 unspecified atom stereocenters. The third-order valence-corrected chi connectivity index (χ3v) is 14.9. The number of ketones is 1. The van der Waals surface area contributed by atoms with Crippen molar-refractivity contribution >= 4 is 17.7 Å². The van der Waals surface area contributed by atoms with Crippen molar-refractivity contribution in [2.75, 3.05) is 0 Å². The van der Waals surface area contributed by atoms with Crippen LogP contribution in [-0.4, -0.2) is 17.7 Å². The minimum Gasteiger partial charge on any atom is -0.393 e. The molecule has 4 nitrogen and oxygen atoms in total. The first-order chi connectivity index (χ1) is 33.6. The highest BCUT2D eigenvalue weighted by Crippen LogP contribution is 2.21. The van der Waals surface area contributed by atoms with Crippen molar-refractivity contribution in [1.29, 1.82) is 0 Å². The molecule has 0 aliphatic rings. The standard InChI is InChI=1S/C64H122O4/c1-4-7-10-13-16-19-22-25-28-30-32-33-34-36-39-42-45-48-51-54-57-60-63(66)68-64(67)61(62(65)59-56-53-50-47-44-41-37-27-24-21-18-15-12-9-6-3)58-55-52-49-46-43-40-38-35-31-29-26-23-20-17-14-11-8-5-2/h27,37,61H,4-26,28-36,38-60H2,1-3H3/b37-27-. The number of hydrogen-bond donors (Lipinski definition) is 0. The second-order valence-corrected chi connectivity index (χ2v) is 21.8. The molecule has 0 aromatic rings. The number of rotatable bonds is 58. The van der Waals surface area contributed by atoms with E-state index in [9.17, 15) is 14.4 Å². The largest absolute Gasteiger partial charge is 0.393 e. The second-order valence-electron chi connectivity index (χ2n) is 21.8. The highest BCUT2D eigenvalue weighted by atomic mass is 16.6. The van der Waals surface area contributed by atoms with E-state index < -0.39 is 17.9 Å². The minimum atomic E-state index is -0.781. The molecule has 0 aliphatic carbocycles. The maximum absolute atomic E-state index is 13.4. The molecule has 0 bridgehead atoms. The van der Waals surface area contributed by atoms with Crippen LogP contribution >= 0.6 is 0 Å². The molecule has 0 amide bonds. The van der Waals surface area contributed by atoms with E-state index in [0.717, 1.165) is 64.2 Å². The van der Waals surface area contributed by atoms with Gasteiger partial charge in [-0.25, -0.2) is 0 Å². The van der Waals surface area contributed by atoms with E-state index in [-0.39, 0.29) is 12.2 Å². The van der Waals surface area contributed by atoms with Gasteiger partial charge in [0.2, 0.25) is 0 Å². The Bertz CT molecular complexity index is 1050. The zero-order valence-corrected chi connectivity index (χ0v) is 46.8. The van der Waals surface area contributed by atoms with Crippen molar-refractivity contribution in [1.82, 2.24) is 0 Å². The van der Waals surface area contributed by atoms with E-state index in [1.165, 1.54) is 270 Å². The predicted octanol–water partition coefficient (Wildman–Crippen LogP) is 22.3. The molecule has 402 valence electrons. The van der Waals surface area contributed by atoms with Crippen molar-refractivity contribution in [3.63, 3.8) is 0 Å². The maximum Gasteiger partial charge on any atom is 0.324 e. The number of esters is 2. The Labute approximate surface area is 427 Å². The van der Waals surface area contributed by atoms with Gasteiger partial charge in [0, 0.05) is 12.8 Å². The van der Waals surface area contributed by atoms with Gasteiger partial charge in [0.25, 0.3) is 0 Å². The van der Waals surface area contributed by atoms with Crippen molar-refractivity contribution in [2.24, 2.45) is 5.92 Å². The number of ether oxygens (including phenoxy) is 1. The normalized spacial score (nSPS) is 12.1. The summed E-state index contributed by atoms with van der Waals surface area (Å²) in [7, 11) is 0. The molecule has 0 aliphatic heterocycles. The Kier molecular flexibility index (Phi) is 56.9. The molecule has 0 N–H and O–H groups in total. The number of unbranched alkanes of at least 4 members (excludes halogenated alkanes) is 48. The molecule has 1 atom stereocenters. The lowest BCUT2D eigenvalue weighted by Crippen LogP contribution is -2.28. The molecule has 0 radical (unpaired) electrons. The fraction of sp³-hybridized carbons (Fsp3) is 0.922. The van der Waals surface area contributed by atoms with Crippen LogP contribution in [0, 0.1) is 5.92 Å². The van der Waals surface area contributed by atoms with Crippen LogP contribution in [0.2, 0.25) is 0 Å². The molecule has 0 fully saturated rings. The Morgan fingerprint density at radius 2 is 0.529 bits per heavy atom. The van der Waals surface area contributed by atoms with E-state index in [2.05, 4.69) is 32.9 Å². The third-order valence-electron chi connectivity index (χ3n) is 14.9. The van der Waals surface area contributed by atoms with E-state index >= 15 is 0 Å². The molecule has 0 aromatic carbocycles. The average Bonchev–Trinajstić information content (AvgIpc) is 3.33. The quantitative estimate of drug-likeness (QED) is 0.0264. The summed E-state index contributed by atoms with van der Waals surface area (Å²) in [6.45, 7) is 6.86. The van der Waals surface area contributed by atoms with E-state index in [1.54, 1.807) is 0 Å². The van der Waals surface area contributed by atoms with E-state index in [4.69, 9.17) is 4.74 Å². The number of carbonyl (C=O) groups excluding carboxylic acids is 3. The zero-order valence-electron chi connectivity index (χ0n) is 46.8. The fourth-order valence-corrected chi connectivity index (χ4v) is 10.1. The molecule has 0 rings (SSSR count). The molecule has 0 saturated carbocycles. The summed E-state index contributed by atoms with van der Waals surface area (Å²) in [5.41, 5.74) is 0. The van der Waals surface area contributed by atoms with Crippen molar-refractivity contribution in [3.05, 3.63) is 12.2 Å². The summed E-state index contributed by atoms with van der Waals surface area (Å²) in [5.74, 6) is -1.81. The number of hydrogen-bond acceptors (Lipinski definition) is 4. The summed E-state index contributed by atoms with van der Waals surface area (Å²) in [4.78, 5) is 39.5. The topological polar surface area (TPSA) is 60.4 Å². The van der Waals surface area contributed by atoms with Crippen LogP contribution < -0.4 is 0 Å². The molecular weight excluding hydrogens is 833 g/mol. The maximum atomic E-state index is 13.4. The van der Waals surface area contributed by atoms with Crippen LogP contribution in [0.3, 0.4) is 0 Å². The van der Waals surface area contributed by atoms with E-state index in [0.29, 0.717) is 12.8 Å². The Morgan fingerprint density at radius 1 is 0.294 bits per heavy atom. The summed E-state index contributed by atoms with van der Waals surface area (Å²) >= 11 is 0. The summed E-state index contributed by atoms with van der Waals surface area (Å²) in [5, 5.41) is 0. The SMILES string of the molecule is CCCCCCCC/C=C\CCCCCCCC(=O)C(CCCCCCCCCCCCCCCCCCCC)C(=O)OC(=O)CCCCCCCCCCCCCCCCCCCCCCC. The molecule has 0 spiro atoms. The molecule has 0 saturated heterocycles. The first-order valence-electron chi connectivity index (χ1n) is 31.5. The van der Waals surface area contributed by atoms with Crippen molar-refractivity contribution < 1.29 is 19.1 Å². The van der Waals surface area contributed by atoms with Crippen molar-refractivity contribution in [3.8, 4) is 0 Å². The molecule has 0 heterocycles. The number of allylic oxidation sites excluding steroid dienone is 2. The summed E-state index contributed by atoms with van der Waals surface area (Å²) < 4.78 is 5.39. The molecule has 0 aromatic heterocycles. The van der Waals surface area contributed by atoms with Gasteiger partial charge in [0.15, 0.2) is 0 Å². The Morgan fingerprint density at radius 3 is 0.824 bits per heavy atom. The third kappa shape index (κ3) is 52.4. The van der Waals surface area contributed by atoms with Gasteiger partial charge < -0.3 is 4.74 Å². The first kappa shape index (κ1) is 66.6. The van der Waals surface area contributed by atoms with Gasteiger partial charge in [-0.1, -0.05) is 328 Å². The van der Waals surface area contributed by atoms with Crippen LogP contribution in [0.25, 0.3) is 0 Å². The Hall–Kier alpha value is -1.45. The van der Waals surface area contributed by atoms with Crippen LogP contribution in [0.15, 0.2) is 12.2 Å². The first-order valence-corrected chi connectivity index (χ1v) is 31.5. The molecule has 68 heavy (non-hydrogen) atoms. The van der Waals surface area contributed by atoms with Gasteiger partial charge >= 0.3 is 11.9 Å². The lowest BCUT2D eigenvalue weighted by atomic mass is 9.92. The lowest BCUT2D eigenvalue weighted by Gasteiger charge is -2.14. The highest BCUT2D eigenvalue weighted by molar-refractivity contribution is 6.02. The fourth-order valence-electron chi connectivity index (χ4n) is 10.1. The molecular formula is C64H122O4. The van der Waals surface area contributed by atoms with Crippen LogP contribution in [0.5, 0.6) is 0 Å². The van der Waals surface area contributed by atoms with E-state index in [1.807, 2.05) is 0 Å². The average molecular weight is 956 g/mol. The monoisotopic (exact) mass is 955 g/mol. The van der Waals surface area contributed by atoms with Crippen molar-refractivity contribution in [2.45, 2.75) is 374 Å². The molecule has 4 heteroatoms. The van der Waals surface area contributed by atoms with Gasteiger partial charge in [0.05, 0.1) is 0 Å². The highest BCUT2D eigenvalue weighted by Gasteiger charge is 2.29. The van der Waals surface area contributed by atoms with Gasteiger partial charge in [0.1, 0.15) is 11.7 Å². The smallest absolute Gasteiger partial charge is 0.324 e. The van der Waals surface area contributed by atoms with Gasteiger partial charge in [-0.15, -0.1) is 0 Å². The van der Waals surface area contributed by atoms with Gasteiger partial charge in [-0.05, 0) is 44.9 Å². The summed E-state index contributed by atoms with van der Waals surface area (Å²) in [6, 6.07) is 0.